The normalized spacial score (nSPS) is 32.8. The van der Waals surface area contributed by atoms with E-state index in [-0.39, 0.29) is 11.1 Å². The number of benzene rings is 3. The molecule has 4 aromatic rings. The van der Waals surface area contributed by atoms with Gasteiger partial charge in [0.25, 0.3) is 5.91 Å². The van der Waals surface area contributed by atoms with E-state index in [2.05, 4.69) is 59.9 Å². The molecule has 1 saturated carbocycles. The van der Waals surface area contributed by atoms with E-state index in [0.717, 1.165) is 23.3 Å². The highest BCUT2D eigenvalue weighted by Crippen LogP contribution is 2.57. The standard InChI is InChI=1S/C22H24N2O9.C14H12N2.C6H12N4/c1-21(32)7-5-4-6-8(25)9(7)15(26)10-12(21)17(28)13-14(24(2)3)16(27)11(20(23)31)19(30)22(13,33)18(10)29;1-2-6-11(7-3-1)10-14-15-12-8-4-5-9-13(12)16-14;1-7-2-9-4-8(1)5-10(3-7)6-9/h4-6,12-14,17,25-26,28,30,32-33H,1-3H3,(H2,23,31);1-9H,10H2,(H,15,16);1-6H2/t12-,13-,14+,17+,21-,22+;;/m1../s1. The predicted molar refractivity (Wildman–Crippen MR) is 213 cm³/mol. The monoisotopic (exact) mass is 808 g/mol. The summed E-state index contributed by atoms with van der Waals surface area (Å²) in [6, 6.07) is 21.0. The van der Waals surface area contributed by atoms with Gasteiger partial charge in [-0.25, -0.2) is 4.98 Å². The molecule has 17 nitrogen and oxygen atoms in total. The Morgan fingerprint density at radius 2 is 1.44 bits per heavy atom. The molecule has 0 radical (unpaired) electrons. The molecule has 0 unspecified atom stereocenters. The fraction of sp³-hybridized carbons (Fsp3) is 0.381. The van der Waals surface area contributed by atoms with E-state index >= 15 is 0 Å². The Bertz CT molecular complexity index is 2310. The van der Waals surface area contributed by atoms with Crippen LogP contribution in [0.15, 0.2) is 89.7 Å². The van der Waals surface area contributed by atoms with Gasteiger partial charge < -0.3 is 41.4 Å². The topological polar surface area (TPSA) is 243 Å². The number of hydrogen-bond donors (Lipinski definition) is 8. The van der Waals surface area contributed by atoms with E-state index < -0.39 is 81.1 Å². The maximum Gasteiger partial charge on any atom is 0.255 e. The van der Waals surface area contributed by atoms with Gasteiger partial charge in [-0.2, -0.15) is 0 Å². The molecule has 0 spiro atoms. The molecule has 3 aromatic carbocycles. The summed E-state index contributed by atoms with van der Waals surface area (Å²) >= 11 is 0. The Balaban J connectivity index is 0.000000150. The van der Waals surface area contributed by atoms with Crippen LogP contribution in [0, 0.1) is 11.8 Å². The minimum absolute atomic E-state index is 0.00664. The number of phenolic OH excluding ortho intramolecular Hbond substituents is 1. The quantitative estimate of drug-likeness (QED) is 0.133. The van der Waals surface area contributed by atoms with Gasteiger partial charge in [-0.1, -0.05) is 54.6 Å². The zero-order valence-corrected chi connectivity index (χ0v) is 32.9. The number of rotatable bonds is 4. The number of H-pyrrole nitrogens is 1. The molecule has 4 aliphatic heterocycles. The fourth-order valence-corrected chi connectivity index (χ4v) is 9.71. The van der Waals surface area contributed by atoms with Crippen LogP contribution in [0.4, 0.5) is 0 Å². The van der Waals surface area contributed by atoms with E-state index in [0.29, 0.717) is 0 Å². The number of imidazole rings is 1. The van der Waals surface area contributed by atoms with Gasteiger partial charge in [0, 0.05) is 6.42 Å². The van der Waals surface area contributed by atoms with Crippen molar-refractivity contribution in [2.45, 2.75) is 36.7 Å². The first kappa shape index (κ1) is 40.3. The summed E-state index contributed by atoms with van der Waals surface area (Å²) in [6.07, 6.45) is -1.02. The number of amides is 1. The van der Waals surface area contributed by atoms with Crippen LogP contribution in [0.1, 0.15) is 29.4 Å². The van der Waals surface area contributed by atoms with Crippen molar-refractivity contribution >= 4 is 34.3 Å². The first-order valence-electron chi connectivity index (χ1n) is 19.3. The SMILES string of the molecule is C1N2CN3CN1CN(C2)C3.CN(C)[C@@H]1C(=O)C(C(N)=O)=C(O)[C@@]2(O)C(=O)C3=C(O)c4c(O)cccc4[C@@](C)(O)[C@H]3[C@H](O)[C@@H]12.c1ccc(Cc2nc3ccccc3[nH]2)cc1. The number of fused-ring (bicyclic) bond motifs is 4. The average Bonchev–Trinajstić information content (AvgIpc) is 3.59. The lowest BCUT2D eigenvalue weighted by Gasteiger charge is -2.56. The second-order valence-electron chi connectivity index (χ2n) is 16.5. The highest BCUT2D eigenvalue weighted by molar-refractivity contribution is 6.24. The van der Waals surface area contributed by atoms with Crippen LogP contribution in [0.5, 0.6) is 5.75 Å². The predicted octanol–water partition coefficient (Wildman–Crippen LogP) is 0.734. The number of primary amides is 1. The number of aromatic nitrogens is 2. The number of para-hydroxylation sites is 2. The fourth-order valence-electron chi connectivity index (χ4n) is 9.71. The minimum Gasteiger partial charge on any atom is -0.508 e. The van der Waals surface area contributed by atoms with Crippen LogP contribution < -0.4 is 5.73 Å². The number of carbonyl (C=O) groups excluding carboxylic acids is 3. The lowest BCUT2D eigenvalue weighted by Crippen LogP contribution is -2.71. The van der Waals surface area contributed by atoms with Gasteiger partial charge in [-0.3, -0.25) is 38.9 Å². The number of aliphatic hydroxyl groups is 5. The molecule has 4 bridgehead atoms. The molecule has 11 rings (SSSR count). The number of likely N-dealkylation sites (N-methyl/N-ethyl adjacent to an activating group) is 1. The molecule has 310 valence electrons. The lowest BCUT2D eigenvalue weighted by molar-refractivity contribution is -0.194. The van der Waals surface area contributed by atoms with Gasteiger partial charge >= 0.3 is 0 Å². The maximum atomic E-state index is 13.7. The summed E-state index contributed by atoms with van der Waals surface area (Å²) in [5.74, 6) is -8.65. The largest absolute Gasteiger partial charge is 0.508 e. The number of nitrogens with two attached hydrogens (primary N) is 1. The Morgan fingerprint density at radius 1 is 0.864 bits per heavy atom. The van der Waals surface area contributed by atoms with Crippen molar-refractivity contribution in [3.8, 4) is 5.75 Å². The van der Waals surface area contributed by atoms with Crippen molar-refractivity contribution in [1.82, 2.24) is 34.5 Å². The molecule has 6 atom stereocenters. The smallest absolute Gasteiger partial charge is 0.255 e. The second kappa shape index (κ2) is 15.0. The zero-order chi connectivity index (χ0) is 42.1. The van der Waals surface area contributed by atoms with Crippen LogP contribution in [-0.4, -0.2) is 154 Å². The molecule has 5 fully saturated rings. The number of aromatic hydroxyl groups is 1. The van der Waals surface area contributed by atoms with Crippen molar-refractivity contribution in [3.05, 3.63) is 112 Å². The molecular weight excluding hydrogens is 761 g/mol. The van der Waals surface area contributed by atoms with Gasteiger partial charge in [0.15, 0.2) is 11.4 Å². The van der Waals surface area contributed by atoms with Crippen molar-refractivity contribution in [3.63, 3.8) is 0 Å². The minimum atomic E-state index is -3.02. The third-order valence-electron chi connectivity index (χ3n) is 12.1. The highest BCUT2D eigenvalue weighted by Gasteiger charge is 2.70. The Kier molecular flexibility index (Phi) is 10.2. The maximum absolute atomic E-state index is 13.7. The van der Waals surface area contributed by atoms with E-state index in [1.165, 1.54) is 89.7 Å². The van der Waals surface area contributed by atoms with Gasteiger partial charge in [-0.05, 0) is 50.3 Å². The summed E-state index contributed by atoms with van der Waals surface area (Å²) in [5, 5.41) is 66.3. The van der Waals surface area contributed by atoms with Gasteiger partial charge in [0.05, 0.1) is 91.8 Å². The van der Waals surface area contributed by atoms with Crippen molar-refractivity contribution < 1.29 is 45.0 Å². The van der Waals surface area contributed by atoms with Crippen molar-refractivity contribution in [2.75, 3.05) is 54.1 Å². The van der Waals surface area contributed by atoms with Gasteiger partial charge in [0.2, 0.25) is 5.78 Å². The van der Waals surface area contributed by atoms with Crippen LogP contribution in [-0.2, 0) is 26.4 Å². The third kappa shape index (κ3) is 6.69. The molecule has 9 N–H and O–H groups in total. The zero-order valence-electron chi connectivity index (χ0n) is 32.9. The summed E-state index contributed by atoms with van der Waals surface area (Å²) in [6.45, 7) is 8.38. The molecule has 5 heterocycles. The van der Waals surface area contributed by atoms with Crippen molar-refractivity contribution in [2.24, 2.45) is 17.6 Å². The molecular formula is C42H48N8O9. The number of hydrogen-bond acceptors (Lipinski definition) is 15. The second-order valence-corrected chi connectivity index (χ2v) is 16.5. The lowest BCUT2D eigenvalue weighted by atomic mass is 9.53. The van der Waals surface area contributed by atoms with E-state index in [1.807, 2.05) is 24.3 Å². The Labute approximate surface area is 339 Å². The van der Waals surface area contributed by atoms with E-state index in [4.69, 9.17) is 5.73 Å². The molecule has 1 amide bonds. The summed E-state index contributed by atoms with van der Waals surface area (Å²) in [4.78, 5) is 57.7. The summed E-state index contributed by atoms with van der Waals surface area (Å²) in [7, 11) is 2.80. The van der Waals surface area contributed by atoms with E-state index in [9.17, 15) is 45.0 Å². The highest BCUT2D eigenvalue weighted by atomic mass is 16.4. The number of phenols is 1. The van der Waals surface area contributed by atoms with E-state index in [1.54, 1.807) is 0 Å². The average molecular weight is 809 g/mol. The number of carbonyl (C=O) groups is 3. The van der Waals surface area contributed by atoms with Gasteiger partial charge in [0.1, 0.15) is 28.7 Å². The van der Waals surface area contributed by atoms with Crippen LogP contribution in [0.25, 0.3) is 16.8 Å². The summed E-state index contributed by atoms with van der Waals surface area (Å²) in [5.41, 5.74) is 1.64. The summed E-state index contributed by atoms with van der Waals surface area (Å²) < 4.78 is 0. The van der Waals surface area contributed by atoms with Crippen molar-refractivity contribution in [1.29, 1.82) is 0 Å². The van der Waals surface area contributed by atoms with Crippen LogP contribution >= 0.6 is 0 Å². The van der Waals surface area contributed by atoms with Gasteiger partial charge in [-0.15, -0.1) is 0 Å². The Hall–Kier alpha value is -5.50. The number of nitrogens with zero attached hydrogens (tertiary/aromatic N) is 6. The first-order valence-corrected chi connectivity index (χ1v) is 19.3. The molecule has 17 heteroatoms. The molecule has 7 aliphatic rings. The van der Waals surface area contributed by atoms with Crippen LogP contribution in [0.3, 0.4) is 0 Å². The molecule has 1 aromatic heterocycles. The third-order valence-corrected chi connectivity index (χ3v) is 12.1. The molecule has 4 saturated heterocycles. The number of aromatic amines is 1. The number of Topliss-reactive ketones (excluding diaryl/α,β-unsaturated/α-hetero) is 2. The number of nitrogens with one attached hydrogen (secondary N) is 1. The first-order chi connectivity index (χ1) is 28.0. The van der Waals surface area contributed by atoms with Crippen LogP contribution in [0.2, 0.25) is 0 Å². The number of ketones is 2. The molecule has 3 aliphatic carbocycles. The number of aliphatic hydroxyl groups excluding tert-OH is 3. The molecule has 59 heavy (non-hydrogen) atoms. The Morgan fingerprint density at radius 3 is 2.00 bits per heavy atom.